The van der Waals surface area contributed by atoms with Gasteiger partial charge in [-0.1, -0.05) is 12.1 Å². The van der Waals surface area contributed by atoms with Gasteiger partial charge in [0.2, 0.25) is 9.84 Å². The first-order valence-electron chi connectivity index (χ1n) is 6.59. The Morgan fingerprint density at radius 2 is 1.70 bits per heavy atom. The van der Waals surface area contributed by atoms with E-state index >= 15 is 0 Å². The van der Waals surface area contributed by atoms with E-state index in [2.05, 4.69) is 0 Å². The number of halogens is 3. The van der Waals surface area contributed by atoms with Crippen LogP contribution in [0.4, 0.5) is 13.2 Å². The summed E-state index contributed by atoms with van der Waals surface area (Å²) in [5, 5.41) is 0. The van der Waals surface area contributed by atoms with Gasteiger partial charge >= 0.3 is 6.18 Å². The molecule has 0 spiro atoms. The highest BCUT2D eigenvalue weighted by molar-refractivity contribution is 7.91. The second kappa shape index (κ2) is 5.16. The third kappa shape index (κ3) is 2.74. The van der Waals surface area contributed by atoms with Crippen LogP contribution >= 0.6 is 0 Å². The van der Waals surface area contributed by atoms with Crippen molar-refractivity contribution in [2.45, 2.75) is 29.0 Å². The number of ether oxygens (including phenoxy) is 2. The Morgan fingerprint density at radius 3 is 2.39 bits per heavy atom. The first-order valence-corrected chi connectivity index (χ1v) is 8.07. The van der Waals surface area contributed by atoms with Crippen molar-refractivity contribution in [3.8, 4) is 17.2 Å². The minimum Gasteiger partial charge on any atom is -0.481 e. The van der Waals surface area contributed by atoms with Gasteiger partial charge < -0.3 is 9.47 Å². The molecule has 0 fully saturated rings. The minimum atomic E-state index is -4.52. The van der Waals surface area contributed by atoms with Gasteiger partial charge in [-0.25, -0.2) is 8.42 Å². The van der Waals surface area contributed by atoms with Gasteiger partial charge in [0.05, 0.1) is 0 Å². The van der Waals surface area contributed by atoms with Crippen LogP contribution in [0.5, 0.6) is 17.2 Å². The van der Waals surface area contributed by atoms with E-state index in [1.807, 2.05) is 0 Å². The van der Waals surface area contributed by atoms with Crippen molar-refractivity contribution in [3.63, 3.8) is 0 Å². The van der Waals surface area contributed by atoms with Crippen molar-refractivity contribution in [1.82, 2.24) is 0 Å². The van der Waals surface area contributed by atoms with Crippen molar-refractivity contribution in [1.29, 1.82) is 0 Å². The molecule has 2 aromatic rings. The molecule has 2 aromatic carbocycles. The molecule has 1 atom stereocenters. The maximum Gasteiger partial charge on any atom is 0.425 e. The molecule has 23 heavy (non-hydrogen) atoms. The maximum atomic E-state index is 12.5. The summed E-state index contributed by atoms with van der Waals surface area (Å²) in [7, 11) is -3.78. The van der Waals surface area contributed by atoms with E-state index in [1.54, 1.807) is 12.1 Å². The zero-order chi connectivity index (χ0) is 16.8. The van der Waals surface area contributed by atoms with E-state index in [-0.39, 0.29) is 27.0 Å². The van der Waals surface area contributed by atoms with Gasteiger partial charge in [-0.3, -0.25) is 0 Å². The number of fused-ring (bicyclic) bond motifs is 2. The van der Waals surface area contributed by atoms with Crippen LogP contribution in [0.25, 0.3) is 0 Å². The van der Waals surface area contributed by atoms with Crippen LogP contribution in [0.1, 0.15) is 6.92 Å². The lowest BCUT2D eigenvalue weighted by atomic mass is 10.3. The second-order valence-electron chi connectivity index (χ2n) is 4.96. The van der Waals surface area contributed by atoms with Gasteiger partial charge in [-0.15, -0.1) is 0 Å². The number of para-hydroxylation sites is 1. The lowest BCUT2D eigenvalue weighted by Gasteiger charge is -2.22. The molecule has 0 radical (unpaired) electrons. The lowest BCUT2D eigenvalue weighted by Crippen LogP contribution is -2.31. The van der Waals surface area contributed by atoms with E-state index in [9.17, 15) is 21.6 Å². The SMILES string of the molecule is C[C@H](Oc1ccc2c(c1)Oc1ccccc1S2(=O)=O)C(F)(F)F. The van der Waals surface area contributed by atoms with Crippen LogP contribution in [0.2, 0.25) is 0 Å². The highest BCUT2D eigenvalue weighted by Gasteiger charge is 2.38. The number of alkyl halides is 3. The fourth-order valence-corrected chi connectivity index (χ4v) is 3.61. The normalized spacial score (nSPS) is 16.7. The molecule has 0 saturated carbocycles. The van der Waals surface area contributed by atoms with Gasteiger partial charge in [0.25, 0.3) is 0 Å². The quantitative estimate of drug-likeness (QED) is 0.706. The summed E-state index contributed by atoms with van der Waals surface area (Å²) < 4.78 is 72.9. The Bertz CT molecular complexity index is 859. The highest BCUT2D eigenvalue weighted by Crippen LogP contribution is 2.43. The Balaban J connectivity index is 2.00. The molecule has 8 heteroatoms. The summed E-state index contributed by atoms with van der Waals surface area (Å²) in [4.78, 5) is -0.0898. The highest BCUT2D eigenvalue weighted by atomic mass is 32.2. The third-order valence-electron chi connectivity index (χ3n) is 3.34. The molecule has 1 aliphatic heterocycles. The summed E-state index contributed by atoms with van der Waals surface area (Å²) in [5.41, 5.74) is 0. The molecular weight excluding hydrogens is 333 g/mol. The average Bonchev–Trinajstić information content (AvgIpc) is 2.46. The Morgan fingerprint density at radius 1 is 1.04 bits per heavy atom. The van der Waals surface area contributed by atoms with Crippen molar-refractivity contribution in [2.75, 3.05) is 0 Å². The predicted molar refractivity (Wildman–Crippen MR) is 74.6 cm³/mol. The molecule has 3 rings (SSSR count). The van der Waals surface area contributed by atoms with Gasteiger partial charge in [0.1, 0.15) is 27.0 Å². The van der Waals surface area contributed by atoms with Gasteiger partial charge in [0.15, 0.2) is 6.10 Å². The molecule has 4 nitrogen and oxygen atoms in total. The van der Waals surface area contributed by atoms with Crippen molar-refractivity contribution in [3.05, 3.63) is 42.5 Å². The monoisotopic (exact) mass is 344 g/mol. The molecule has 0 aliphatic carbocycles. The molecule has 122 valence electrons. The molecule has 0 N–H and O–H groups in total. The van der Waals surface area contributed by atoms with Gasteiger partial charge in [-0.2, -0.15) is 13.2 Å². The van der Waals surface area contributed by atoms with Crippen molar-refractivity contribution in [2.24, 2.45) is 0 Å². The van der Waals surface area contributed by atoms with Gasteiger partial charge in [-0.05, 0) is 31.2 Å². The van der Waals surface area contributed by atoms with E-state index < -0.39 is 22.1 Å². The van der Waals surface area contributed by atoms with Crippen molar-refractivity contribution >= 4 is 9.84 Å². The minimum absolute atomic E-state index is 0.0184. The van der Waals surface area contributed by atoms with E-state index in [0.29, 0.717) is 0 Å². The molecule has 0 bridgehead atoms. The summed E-state index contributed by atoms with van der Waals surface area (Å²) in [6, 6.07) is 9.55. The predicted octanol–water partition coefficient (Wildman–Crippen LogP) is 3.95. The fourth-order valence-electron chi connectivity index (χ4n) is 2.13. The third-order valence-corrected chi connectivity index (χ3v) is 5.17. The maximum absolute atomic E-state index is 12.5. The number of hydrogen-bond donors (Lipinski definition) is 0. The van der Waals surface area contributed by atoms with Crippen LogP contribution < -0.4 is 9.47 Å². The smallest absolute Gasteiger partial charge is 0.425 e. The zero-order valence-electron chi connectivity index (χ0n) is 11.8. The first kappa shape index (κ1) is 15.7. The molecule has 0 amide bonds. The summed E-state index contributed by atoms with van der Waals surface area (Å²) >= 11 is 0. The molecule has 0 saturated heterocycles. The number of rotatable bonds is 2. The molecule has 0 unspecified atom stereocenters. The summed E-state index contributed by atoms with van der Waals surface area (Å²) in [6.45, 7) is 0.867. The lowest BCUT2D eigenvalue weighted by molar-refractivity contribution is -0.189. The van der Waals surface area contributed by atoms with Crippen LogP contribution in [0.3, 0.4) is 0 Å². The zero-order valence-corrected chi connectivity index (χ0v) is 12.6. The first-order chi connectivity index (χ1) is 10.7. The van der Waals surface area contributed by atoms with E-state index in [4.69, 9.17) is 9.47 Å². The summed E-state index contributed by atoms with van der Waals surface area (Å²) in [5.74, 6) is -0.0558. The molecular formula is C15H11F3O4S. The summed E-state index contributed by atoms with van der Waals surface area (Å²) in [6.07, 6.45) is -6.54. The van der Waals surface area contributed by atoms with E-state index in [0.717, 1.165) is 13.0 Å². The Labute approximate surface area is 130 Å². The Hall–Kier alpha value is -2.22. The number of hydrogen-bond acceptors (Lipinski definition) is 4. The van der Waals surface area contributed by atoms with E-state index in [1.165, 1.54) is 24.3 Å². The molecule has 1 aliphatic rings. The average molecular weight is 344 g/mol. The Kier molecular flexibility index (Phi) is 3.51. The largest absolute Gasteiger partial charge is 0.481 e. The standard InChI is InChI=1S/C15H11F3O4S/c1-9(15(16,17)18)21-10-6-7-14-12(8-10)22-11-4-2-3-5-13(11)23(14,19)20/h2-9H,1H3/t9-/m0/s1. The topological polar surface area (TPSA) is 52.6 Å². The fraction of sp³-hybridized carbons (Fsp3) is 0.200. The number of benzene rings is 2. The van der Waals surface area contributed by atoms with Crippen molar-refractivity contribution < 1.29 is 31.1 Å². The molecule has 1 heterocycles. The van der Waals surface area contributed by atoms with Crippen LogP contribution in [0, 0.1) is 0 Å². The van der Waals surface area contributed by atoms with Gasteiger partial charge in [0, 0.05) is 6.07 Å². The second-order valence-corrected chi connectivity index (χ2v) is 6.85. The molecule has 0 aromatic heterocycles. The number of sulfone groups is 1. The van der Waals surface area contributed by atoms with Crippen LogP contribution in [-0.4, -0.2) is 20.7 Å². The van der Waals surface area contributed by atoms with Crippen LogP contribution in [-0.2, 0) is 9.84 Å². The van der Waals surface area contributed by atoms with Crippen LogP contribution in [0.15, 0.2) is 52.3 Å².